The van der Waals surface area contributed by atoms with Crippen LogP contribution in [0.1, 0.15) is 39.3 Å². The lowest BCUT2D eigenvalue weighted by atomic mass is 9.73. The summed E-state index contributed by atoms with van der Waals surface area (Å²) in [7, 11) is 0. The third-order valence-electron chi connectivity index (χ3n) is 5.94. The van der Waals surface area contributed by atoms with Crippen LogP contribution in [-0.2, 0) is 0 Å². The van der Waals surface area contributed by atoms with Gasteiger partial charge in [-0.05, 0) is 61.0 Å². The molecule has 1 saturated carbocycles. The number of fused-ring (bicyclic) bond motifs is 1. The first-order valence-corrected chi connectivity index (χ1v) is 9.01. The van der Waals surface area contributed by atoms with Crippen LogP contribution in [0.25, 0.3) is 16.3 Å². The van der Waals surface area contributed by atoms with Crippen LogP contribution >= 0.6 is 0 Å². The molecule has 0 saturated heterocycles. The molecule has 2 aromatic rings. The van der Waals surface area contributed by atoms with Crippen molar-refractivity contribution in [1.29, 1.82) is 0 Å². The van der Waals surface area contributed by atoms with Gasteiger partial charge in [0.1, 0.15) is 0 Å². The highest BCUT2D eigenvalue weighted by Gasteiger charge is 2.55. The Morgan fingerprint density at radius 3 is 2.71 bits per heavy atom. The quantitative estimate of drug-likeness (QED) is 0.616. The molecule has 3 atom stereocenters. The number of pyridine rings is 1. The van der Waals surface area contributed by atoms with Crippen LogP contribution in [0.3, 0.4) is 0 Å². The second kappa shape index (κ2) is 5.73. The smallest absolute Gasteiger partial charge is 0.0743 e. The molecule has 1 aromatic heterocycles. The Morgan fingerprint density at radius 2 is 1.96 bits per heavy atom. The van der Waals surface area contributed by atoms with Gasteiger partial charge in [0.2, 0.25) is 0 Å². The third-order valence-corrected chi connectivity index (χ3v) is 5.94. The summed E-state index contributed by atoms with van der Waals surface area (Å²) in [4.78, 5) is 4.81. The first kappa shape index (κ1) is 15.4. The number of aromatic nitrogens is 1. The fraction of sp³-hybridized carbons (Fsp3) is 0.348. The summed E-state index contributed by atoms with van der Waals surface area (Å²) in [6, 6.07) is 10.7. The largest absolute Gasteiger partial charge is 0.256 e. The number of hydrogen-bond donors (Lipinski definition) is 0. The van der Waals surface area contributed by atoms with Crippen molar-refractivity contribution in [3.05, 3.63) is 72.1 Å². The molecule has 4 rings (SSSR count). The van der Waals surface area contributed by atoms with Gasteiger partial charge in [-0.15, -0.1) is 0 Å². The highest BCUT2D eigenvalue weighted by Crippen LogP contribution is 2.64. The monoisotopic (exact) mass is 315 g/mol. The van der Waals surface area contributed by atoms with E-state index in [2.05, 4.69) is 75.4 Å². The molecule has 0 N–H and O–H groups in total. The van der Waals surface area contributed by atoms with E-state index in [-0.39, 0.29) is 0 Å². The van der Waals surface area contributed by atoms with Crippen molar-refractivity contribution in [1.82, 2.24) is 4.98 Å². The molecule has 1 nitrogen and oxygen atoms in total. The Labute approximate surface area is 144 Å². The summed E-state index contributed by atoms with van der Waals surface area (Å²) < 4.78 is 0. The number of allylic oxidation sites excluding steroid dienone is 6. The molecular formula is C23H25N. The first-order chi connectivity index (χ1) is 11.7. The highest BCUT2D eigenvalue weighted by molar-refractivity contribution is 5.93. The molecule has 1 heterocycles. The molecule has 2 aliphatic rings. The highest BCUT2D eigenvalue weighted by atomic mass is 14.7. The SMILES string of the molecule is CC=CC1(C2CC(C)=CC=C2c2nccc3ccccc23)CC1C. The molecule has 0 radical (unpaired) electrons. The topological polar surface area (TPSA) is 12.9 Å². The summed E-state index contributed by atoms with van der Waals surface area (Å²) in [5, 5.41) is 2.55. The molecule has 1 heteroatoms. The number of nitrogens with zero attached hydrogens (tertiary/aromatic N) is 1. The average Bonchev–Trinajstić information content (AvgIpc) is 3.25. The maximum atomic E-state index is 4.81. The Balaban J connectivity index is 1.88. The van der Waals surface area contributed by atoms with Crippen molar-refractivity contribution < 1.29 is 0 Å². The number of benzene rings is 1. The predicted octanol–water partition coefficient (Wildman–Crippen LogP) is 6.19. The fourth-order valence-electron chi connectivity index (χ4n) is 4.54. The third kappa shape index (κ3) is 2.34. The van der Waals surface area contributed by atoms with Crippen molar-refractivity contribution in [2.75, 3.05) is 0 Å². The van der Waals surface area contributed by atoms with E-state index in [4.69, 9.17) is 4.98 Å². The van der Waals surface area contributed by atoms with Crippen LogP contribution < -0.4 is 0 Å². The Hall–Kier alpha value is -2.15. The Morgan fingerprint density at radius 1 is 1.17 bits per heavy atom. The summed E-state index contributed by atoms with van der Waals surface area (Å²) in [5.74, 6) is 1.29. The molecule has 3 unspecified atom stereocenters. The Bertz CT molecular complexity index is 865. The number of rotatable bonds is 3. The van der Waals surface area contributed by atoms with E-state index in [0.717, 1.165) is 12.3 Å². The average molecular weight is 315 g/mol. The zero-order chi connectivity index (χ0) is 16.7. The lowest BCUT2D eigenvalue weighted by molar-refractivity contribution is 0.430. The van der Waals surface area contributed by atoms with Gasteiger partial charge in [-0.1, -0.05) is 61.1 Å². The van der Waals surface area contributed by atoms with Crippen LogP contribution in [0, 0.1) is 17.3 Å². The van der Waals surface area contributed by atoms with Crippen LogP contribution in [0.5, 0.6) is 0 Å². The van der Waals surface area contributed by atoms with Crippen LogP contribution in [0.15, 0.2) is 66.4 Å². The van der Waals surface area contributed by atoms with Crippen molar-refractivity contribution >= 4 is 16.3 Å². The van der Waals surface area contributed by atoms with E-state index in [0.29, 0.717) is 11.3 Å². The number of hydrogen-bond acceptors (Lipinski definition) is 1. The second-order valence-electron chi connectivity index (χ2n) is 7.49. The molecule has 24 heavy (non-hydrogen) atoms. The van der Waals surface area contributed by atoms with E-state index in [1.807, 2.05) is 6.20 Å². The van der Waals surface area contributed by atoms with E-state index >= 15 is 0 Å². The van der Waals surface area contributed by atoms with Gasteiger partial charge in [0.05, 0.1) is 5.69 Å². The van der Waals surface area contributed by atoms with E-state index in [9.17, 15) is 0 Å². The van der Waals surface area contributed by atoms with Gasteiger partial charge < -0.3 is 0 Å². The zero-order valence-corrected chi connectivity index (χ0v) is 14.8. The molecule has 0 bridgehead atoms. The molecule has 122 valence electrons. The maximum absolute atomic E-state index is 4.81. The fourth-order valence-corrected chi connectivity index (χ4v) is 4.54. The molecular weight excluding hydrogens is 290 g/mol. The van der Waals surface area contributed by atoms with Crippen molar-refractivity contribution in [2.45, 2.75) is 33.6 Å². The zero-order valence-electron chi connectivity index (χ0n) is 14.8. The minimum atomic E-state index is 0.314. The Kier molecular flexibility index (Phi) is 3.68. The summed E-state index contributed by atoms with van der Waals surface area (Å²) in [6.07, 6.45) is 13.7. The molecule has 0 spiro atoms. The molecule has 0 amide bonds. The predicted molar refractivity (Wildman–Crippen MR) is 103 cm³/mol. The first-order valence-electron chi connectivity index (χ1n) is 9.01. The van der Waals surface area contributed by atoms with Crippen molar-refractivity contribution in [3.8, 4) is 0 Å². The molecule has 1 aromatic carbocycles. The van der Waals surface area contributed by atoms with Gasteiger partial charge in [0.25, 0.3) is 0 Å². The summed E-state index contributed by atoms with van der Waals surface area (Å²) in [6.45, 7) is 6.80. The van der Waals surface area contributed by atoms with E-state index in [1.165, 1.54) is 34.0 Å². The van der Waals surface area contributed by atoms with Gasteiger partial charge in [-0.2, -0.15) is 0 Å². The summed E-state index contributed by atoms with van der Waals surface area (Å²) in [5.41, 5.74) is 4.38. The van der Waals surface area contributed by atoms with E-state index < -0.39 is 0 Å². The summed E-state index contributed by atoms with van der Waals surface area (Å²) >= 11 is 0. The van der Waals surface area contributed by atoms with Crippen LogP contribution in [-0.4, -0.2) is 4.98 Å². The minimum Gasteiger partial charge on any atom is -0.256 e. The van der Waals surface area contributed by atoms with Gasteiger partial charge >= 0.3 is 0 Å². The van der Waals surface area contributed by atoms with Gasteiger partial charge in [-0.25, -0.2) is 0 Å². The van der Waals surface area contributed by atoms with Crippen LogP contribution in [0.4, 0.5) is 0 Å². The molecule has 2 aliphatic carbocycles. The van der Waals surface area contributed by atoms with Gasteiger partial charge in [0.15, 0.2) is 0 Å². The van der Waals surface area contributed by atoms with Crippen molar-refractivity contribution in [2.24, 2.45) is 17.3 Å². The van der Waals surface area contributed by atoms with Gasteiger partial charge in [0, 0.05) is 11.6 Å². The normalized spacial score (nSPS) is 29.6. The van der Waals surface area contributed by atoms with Crippen LogP contribution in [0.2, 0.25) is 0 Å². The minimum absolute atomic E-state index is 0.314. The van der Waals surface area contributed by atoms with Gasteiger partial charge in [-0.3, -0.25) is 4.98 Å². The second-order valence-corrected chi connectivity index (χ2v) is 7.49. The molecule has 1 fully saturated rings. The molecule has 0 aliphatic heterocycles. The van der Waals surface area contributed by atoms with Crippen molar-refractivity contribution in [3.63, 3.8) is 0 Å². The van der Waals surface area contributed by atoms with E-state index in [1.54, 1.807) is 0 Å². The standard InChI is InChI=1S/C23H25N/c1-4-12-23(15-17(23)3)21-14-16(2)9-10-20(21)22-19-8-6-5-7-18(19)11-13-24-22/h4-13,17,21H,14-15H2,1-3H3. The lowest BCUT2D eigenvalue weighted by Crippen LogP contribution is -2.21. The maximum Gasteiger partial charge on any atom is 0.0743 e. The lowest BCUT2D eigenvalue weighted by Gasteiger charge is -2.31.